The van der Waals surface area contributed by atoms with Crippen LogP contribution >= 0.6 is 0 Å². The average Bonchev–Trinajstić information content (AvgIpc) is 2.32. The Morgan fingerprint density at radius 3 is 2.53 bits per heavy atom. The third-order valence-electron chi connectivity index (χ3n) is 4.31. The van der Waals surface area contributed by atoms with Crippen LogP contribution in [0.4, 0.5) is 0 Å². The molecule has 1 aliphatic carbocycles. The maximum Gasteiger partial charge on any atom is 0.00940 e. The Morgan fingerprint density at radius 2 is 1.88 bits per heavy atom. The lowest BCUT2D eigenvalue weighted by Gasteiger charge is -2.36. The highest BCUT2D eigenvalue weighted by atomic mass is 15.1. The van der Waals surface area contributed by atoms with Gasteiger partial charge in [0.2, 0.25) is 0 Å². The van der Waals surface area contributed by atoms with Crippen molar-refractivity contribution in [2.24, 2.45) is 5.73 Å². The van der Waals surface area contributed by atoms with Gasteiger partial charge in [0.25, 0.3) is 0 Å². The first kappa shape index (κ1) is 13.3. The molecule has 3 N–H and O–H groups in total. The van der Waals surface area contributed by atoms with Gasteiger partial charge in [0.1, 0.15) is 0 Å². The van der Waals surface area contributed by atoms with Crippen LogP contribution in [0.2, 0.25) is 0 Å². The number of hydrogen-bond acceptors (Lipinski definition) is 3. The van der Waals surface area contributed by atoms with Gasteiger partial charge in [-0.2, -0.15) is 0 Å². The van der Waals surface area contributed by atoms with E-state index in [0.29, 0.717) is 12.1 Å². The zero-order chi connectivity index (χ0) is 12.1. The van der Waals surface area contributed by atoms with Crippen molar-refractivity contribution < 1.29 is 0 Å². The van der Waals surface area contributed by atoms with Crippen LogP contribution in [0.1, 0.15) is 51.9 Å². The molecule has 1 heterocycles. The summed E-state index contributed by atoms with van der Waals surface area (Å²) in [5.41, 5.74) is 6.04. The molecule has 0 radical (unpaired) electrons. The van der Waals surface area contributed by atoms with Gasteiger partial charge in [-0.15, -0.1) is 0 Å². The summed E-state index contributed by atoms with van der Waals surface area (Å²) in [7, 11) is 0. The van der Waals surface area contributed by atoms with Gasteiger partial charge in [-0.05, 0) is 58.2 Å². The highest BCUT2D eigenvalue weighted by Crippen LogP contribution is 2.19. The Hall–Kier alpha value is -0.120. The fraction of sp³-hybridized carbons (Fsp3) is 1.00. The molecule has 0 spiro atoms. The van der Waals surface area contributed by atoms with Gasteiger partial charge in [0.15, 0.2) is 0 Å². The molecule has 0 bridgehead atoms. The predicted octanol–water partition coefficient (Wildman–Crippen LogP) is 1.72. The van der Waals surface area contributed by atoms with E-state index in [1.807, 2.05) is 0 Å². The quantitative estimate of drug-likeness (QED) is 0.785. The monoisotopic (exact) mass is 239 g/mol. The van der Waals surface area contributed by atoms with E-state index in [9.17, 15) is 0 Å². The minimum absolute atomic E-state index is 0.446. The number of nitrogens with zero attached hydrogens (tertiary/aromatic N) is 1. The lowest BCUT2D eigenvalue weighted by atomic mass is 9.90. The van der Waals surface area contributed by atoms with Crippen LogP contribution in [-0.4, -0.2) is 42.7 Å². The van der Waals surface area contributed by atoms with Crippen molar-refractivity contribution in [3.05, 3.63) is 0 Å². The highest BCUT2D eigenvalue weighted by Gasteiger charge is 2.24. The zero-order valence-electron chi connectivity index (χ0n) is 11.3. The summed E-state index contributed by atoms with van der Waals surface area (Å²) in [6.45, 7) is 6.11. The average molecular weight is 239 g/mol. The third-order valence-corrected chi connectivity index (χ3v) is 4.31. The lowest BCUT2D eigenvalue weighted by Crippen LogP contribution is -2.48. The van der Waals surface area contributed by atoms with Crippen molar-refractivity contribution in [3.8, 4) is 0 Å². The predicted molar refractivity (Wildman–Crippen MR) is 73.1 cm³/mol. The molecule has 17 heavy (non-hydrogen) atoms. The van der Waals surface area contributed by atoms with E-state index in [1.165, 1.54) is 64.6 Å². The molecule has 2 atom stereocenters. The van der Waals surface area contributed by atoms with Crippen molar-refractivity contribution in [1.82, 2.24) is 10.2 Å². The van der Waals surface area contributed by atoms with E-state index in [0.717, 1.165) is 6.04 Å². The molecule has 0 aromatic heterocycles. The fourth-order valence-corrected chi connectivity index (χ4v) is 3.35. The second kappa shape index (κ2) is 6.72. The maximum atomic E-state index is 6.04. The Balaban J connectivity index is 1.67. The number of likely N-dealkylation sites (tertiary alicyclic amines) is 1. The molecule has 0 amide bonds. The van der Waals surface area contributed by atoms with Crippen LogP contribution in [0.25, 0.3) is 0 Å². The summed E-state index contributed by atoms with van der Waals surface area (Å²) in [5, 5.41) is 3.84. The normalized spacial score (nSPS) is 32.8. The van der Waals surface area contributed by atoms with Crippen LogP contribution < -0.4 is 11.1 Å². The first-order chi connectivity index (χ1) is 8.28. The largest absolute Gasteiger partial charge is 0.328 e. The summed E-state index contributed by atoms with van der Waals surface area (Å²) in [6.07, 6.45) is 9.01. The first-order valence-electron chi connectivity index (χ1n) is 7.52. The van der Waals surface area contributed by atoms with E-state index in [4.69, 9.17) is 5.73 Å². The smallest absolute Gasteiger partial charge is 0.00940 e. The minimum atomic E-state index is 0.446. The Morgan fingerprint density at radius 1 is 1.12 bits per heavy atom. The van der Waals surface area contributed by atoms with Crippen molar-refractivity contribution >= 4 is 0 Å². The lowest BCUT2D eigenvalue weighted by molar-refractivity contribution is 0.182. The zero-order valence-corrected chi connectivity index (χ0v) is 11.3. The van der Waals surface area contributed by atoms with Gasteiger partial charge in [0, 0.05) is 18.1 Å². The number of piperidine rings is 1. The molecule has 1 aliphatic heterocycles. The van der Waals surface area contributed by atoms with Crippen molar-refractivity contribution in [2.75, 3.05) is 19.6 Å². The molecule has 3 heteroatoms. The standard InChI is InChI=1S/C14H29N3/c1-2-8-17-9-6-13(7-10-17)16-14-5-3-4-12(15)11-14/h12-14,16H,2-11,15H2,1H3. The van der Waals surface area contributed by atoms with Gasteiger partial charge >= 0.3 is 0 Å². The molecule has 3 nitrogen and oxygen atoms in total. The van der Waals surface area contributed by atoms with Gasteiger partial charge in [-0.3, -0.25) is 0 Å². The molecule has 2 fully saturated rings. The summed E-state index contributed by atoms with van der Waals surface area (Å²) >= 11 is 0. The molecule has 2 rings (SSSR count). The molecular weight excluding hydrogens is 210 g/mol. The molecular formula is C14H29N3. The SMILES string of the molecule is CCCN1CCC(NC2CCCC(N)C2)CC1. The van der Waals surface area contributed by atoms with Crippen LogP contribution in [0, 0.1) is 0 Å². The second-order valence-corrected chi connectivity index (χ2v) is 5.91. The van der Waals surface area contributed by atoms with E-state index < -0.39 is 0 Å². The number of hydrogen-bond donors (Lipinski definition) is 2. The van der Waals surface area contributed by atoms with Crippen LogP contribution in [-0.2, 0) is 0 Å². The Kier molecular flexibility index (Phi) is 5.26. The summed E-state index contributed by atoms with van der Waals surface area (Å²) in [4.78, 5) is 2.60. The van der Waals surface area contributed by atoms with E-state index in [1.54, 1.807) is 0 Å². The van der Waals surface area contributed by atoms with Gasteiger partial charge < -0.3 is 16.0 Å². The number of nitrogens with one attached hydrogen (secondary N) is 1. The van der Waals surface area contributed by atoms with Gasteiger partial charge in [-0.25, -0.2) is 0 Å². The van der Waals surface area contributed by atoms with Crippen molar-refractivity contribution in [1.29, 1.82) is 0 Å². The topological polar surface area (TPSA) is 41.3 Å². The molecule has 1 saturated heterocycles. The molecule has 0 aromatic rings. The van der Waals surface area contributed by atoms with E-state index in [-0.39, 0.29) is 0 Å². The maximum absolute atomic E-state index is 6.04. The van der Waals surface area contributed by atoms with Crippen molar-refractivity contribution in [3.63, 3.8) is 0 Å². The Labute approximate surface area is 106 Å². The van der Waals surface area contributed by atoms with Crippen molar-refractivity contribution in [2.45, 2.75) is 70.0 Å². The summed E-state index contributed by atoms with van der Waals surface area (Å²) in [5.74, 6) is 0. The van der Waals surface area contributed by atoms with E-state index in [2.05, 4.69) is 17.1 Å². The van der Waals surface area contributed by atoms with Crippen LogP contribution in [0.15, 0.2) is 0 Å². The molecule has 0 aromatic carbocycles. The number of rotatable bonds is 4. The minimum Gasteiger partial charge on any atom is -0.328 e. The molecule has 100 valence electrons. The molecule has 1 saturated carbocycles. The van der Waals surface area contributed by atoms with Crippen LogP contribution in [0.5, 0.6) is 0 Å². The first-order valence-corrected chi connectivity index (χ1v) is 7.52. The fourth-order valence-electron chi connectivity index (χ4n) is 3.35. The van der Waals surface area contributed by atoms with Gasteiger partial charge in [-0.1, -0.05) is 13.3 Å². The Bertz CT molecular complexity index is 212. The number of nitrogens with two attached hydrogens (primary N) is 1. The molecule has 2 aliphatic rings. The van der Waals surface area contributed by atoms with E-state index >= 15 is 0 Å². The third kappa shape index (κ3) is 4.23. The van der Waals surface area contributed by atoms with Gasteiger partial charge in [0.05, 0.1) is 0 Å². The summed E-state index contributed by atoms with van der Waals surface area (Å²) in [6, 6.07) is 1.89. The highest BCUT2D eigenvalue weighted by molar-refractivity contribution is 4.85. The van der Waals surface area contributed by atoms with Crippen LogP contribution in [0.3, 0.4) is 0 Å². The second-order valence-electron chi connectivity index (χ2n) is 5.91. The summed E-state index contributed by atoms with van der Waals surface area (Å²) < 4.78 is 0. The molecule has 2 unspecified atom stereocenters.